The van der Waals surface area contributed by atoms with Crippen molar-refractivity contribution in [3.8, 4) is 5.75 Å². The summed E-state index contributed by atoms with van der Waals surface area (Å²) in [6.45, 7) is 2.56. The van der Waals surface area contributed by atoms with Crippen LogP contribution < -0.4 is 15.0 Å². The normalized spacial score (nSPS) is 16.4. The highest BCUT2D eigenvalue weighted by molar-refractivity contribution is 6.35. The van der Waals surface area contributed by atoms with Gasteiger partial charge in [0.15, 0.2) is 0 Å². The van der Waals surface area contributed by atoms with E-state index < -0.39 is 11.4 Å². The Morgan fingerprint density at radius 1 is 0.911 bits per heavy atom. The van der Waals surface area contributed by atoms with Crippen LogP contribution in [0.3, 0.4) is 0 Å². The molecule has 0 aliphatic carbocycles. The Bertz CT molecular complexity index is 1670. The number of carbonyl (C=O) groups is 3. The Labute approximate surface area is 272 Å². The van der Waals surface area contributed by atoms with Gasteiger partial charge in [-0.25, -0.2) is 4.79 Å². The highest BCUT2D eigenvalue weighted by Gasteiger charge is 2.46. The van der Waals surface area contributed by atoms with Crippen LogP contribution in [0, 0.1) is 12.3 Å². The molecule has 0 spiro atoms. The predicted molar refractivity (Wildman–Crippen MR) is 176 cm³/mol. The summed E-state index contributed by atoms with van der Waals surface area (Å²) in [6, 6.07) is 28.9. The van der Waals surface area contributed by atoms with Crippen molar-refractivity contribution in [2.24, 2.45) is 5.41 Å². The number of carboxylic acid groups (broad SMARTS) is 1. The van der Waals surface area contributed by atoms with Crippen LogP contribution >= 0.6 is 23.2 Å². The van der Waals surface area contributed by atoms with Crippen LogP contribution in [0.15, 0.2) is 97.1 Å². The SMILES string of the molecule is Cc1ccc(N2CC(CC(=O)O)(CC(=O)Nc3ccc(OCc4ccccc4)cc3)CN(Cc3ccc(Cl)cc3Cl)C2=O)cc1. The lowest BCUT2D eigenvalue weighted by Crippen LogP contribution is -2.59. The maximum atomic E-state index is 13.8. The maximum absolute atomic E-state index is 13.8. The highest BCUT2D eigenvalue weighted by Crippen LogP contribution is 2.38. The van der Waals surface area contributed by atoms with Crippen LogP contribution in [-0.4, -0.2) is 41.0 Å². The Morgan fingerprint density at radius 3 is 2.29 bits per heavy atom. The number of aliphatic carboxylic acids is 1. The third-order valence-corrected chi connectivity index (χ3v) is 8.28. The number of anilines is 2. The standard InChI is InChI=1S/C35H33Cl2N3O5/c1-24-7-13-29(14-8-24)40-23-35(19-33(42)43,22-39(34(40)44)20-26-9-10-27(36)17-31(26)37)18-32(41)38-28-11-15-30(16-12-28)45-21-25-5-3-2-4-6-25/h2-17H,18-23H2,1H3,(H,38,41)(H,42,43). The number of amides is 3. The van der Waals surface area contributed by atoms with E-state index in [0.29, 0.717) is 39.3 Å². The van der Waals surface area contributed by atoms with E-state index in [0.717, 1.165) is 11.1 Å². The van der Waals surface area contributed by atoms with Crippen molar-refractivity contribution in [3.63, 3.8) is 0 Å². The quantitative estimate of drug-likeness (QED) is 0.173. The third kappa shape index (κ3) is 8.35. The monoisotopic (exact) mass is 645 g/mol. The van der Waals surface area contributed by atoms with Crippen molar-refractivity contribution < 1.29 is 24.2 Å². The summed E-state index contributed by atoms with van der Waals surface area (Å²) in [4.78, 5) is 42.7. The second kappa shape index (κ2) is 14.1. The summed E-state index contributed by atoms with van der Waals surface area (Å²) in [5, 5.41) is 13.7. The summed E-state index contributed by atoms with van der Waals surface area (Å²) in [5.74, 6) is -0.780. The van der Waals surface area contributed by atoms with Gasteiger partial charge in [-0.1, -0.05) is 77.3 Å². The molecule has 10 heteroatoms. The molecule has 1 saturated heterocycles. The number of benzene rings is 4. The van der Waals surface area contributed by atoms with Gasteiger partial charge in [0.25, 0.3) is 0 Å². The number of carbonyl (C=O) groups excluding carboxylic acids is 2. The lowest BCUT2D eigenvalue weighted by atomic mass is 9.78. The van der Waals surface area contributed by atoms with E-state index in [-0.39, 0.29) is 44.4 Å². The van der Waals surface area contributed by atoms with Crippen molar-refractivity contribution in [1.82, 2.24) is 4.90 Å². The van der Waals surface area contributed by atoms with Crippen molar-refractivity contribution in [1.29, 1.82) is 0 Å². The summed E-state index contributed by atoms with van der Waals surface area (Å²) in [5.41, 5.74) is 2.76. The van der Waals surface area contributed by atoms with Gasteiger partial charge < -0.3 is 20.1 Å². The Hall–Kier alpha value is -4.53. The van der Waals surface area contributed by atoms with Gasteiger partial charge in [0.1, 0.15) is 12.4 Å². The van der Waals surface area contributed by atoms with Gasteiger partial charge in [0.2, 0.25) is 5.91 Å². The first-order valence-electron chi connectivity index (χ1n) is 14.4. The maximum Gasteiger partial charge on any atom is 0.324 e. The third-order valence-electron chi connectivity index (χ3n) is 7.69. The molecule has 0 aromatic heterocycles. The molecule has 4 aromatic carbocycles. The Morgan fingerprint density at radius 2 is 1.62 bits per heavy atom. The zero-order valence-electron chi connectivity index (χ0n) is 24.7. The number of hydrogen-bond donors (Lipinski definition) is 2. The molecule has 5 rings (SSSR count). The molecular weight excluding hydrogens is 613 g/mol. The minimum atomic E-state index is -1.10. The lowest BCUT2D eigenvalue weighted by molar-refractivity contribution is -0.140. The predicted octanol–water partition coefficient (Wildman–Crippen LogP) is 7.81. The van der Waals surface area contributed by atoms with Crippen molar-refractivity contribution in [3.05, 3.63) is 124 Å². The highest BCUT2D eigenvalue weighted by atomic mass is 35.5. The minimum absolute atomic E-state index is 0.0408. The Kier molecular flexibility index (Phi) is 9.96. The second-order valence-electron chi connectivity index (χ2n) is 11.4. The summed E-state index contributed by atoms with van der Waals surface area (Å²) in [6.07, 6.45) is -0.459. The van der Waals surface area contributed by atoms with Crippen LogP contribution in [0.25, 0.3) is 0 Å². The van der Waals surface area contributed by atoms with Crippen molar-refractivity contribution in [2.75, 3.05) is 23.3 Å². The molecule has 1 fully saturated rings. The van der Waals surface area contributed by atoms with Gasteiger partial charge in [0.05, 0.1) is 6.42 Å². The molecule has 232 valence electrons. The molecule has 3 amide bonds. The zero-order valence-corrected chi connectivity index (χ0v) is 26.2. The number of rotatable bonds is 11. The number of nitrogens with zero attached hydrogens (tertiary/aromatic N) is 2. The smallest absolute Gasteiger partial charge is 0.324 e. The average molecular weight is 647 g/mol. The van der Waals surface area contributed by atoms with E-state index >= 15 is 0 Å². The molecule has 45 heavy (non-hydrogen) atoms. The number of aryl methyl sites for hydroxylation is 1. The Balaban J connectivity index is 1.36. The molecule has 8 nitrogen and oxygen atoms in total. The van der Waals surface area contributed by atoms with Crippen LogP contribution in [0.5, 0.6) is 5.75 Å². The molecule has 1 aliphatic rings. The topological polar surface area (TPSA) is 99.2 Å². The van der Waals surface area contributed by atoms with Crippen LogP contribution in [0.1, 0.15) is 29.5 Å². The lowest BCUT2D eigenvalue weighted by Gasteiger charge is -2.47. The first-order chi connectivity index (χ1) is 21.6. The molecule has 4 aromatic rings. The fourth-order valence-electron chi connectivity index (χ4n) is 5.53. The molecule has 1 unspecified atom stereocenters. The van der Waals surface area contributed by atoms with Gasteiger partial charge in [-0.05, 0) is 66.6 Å². The number of urea groups is 1. The zero-order chi connectivity index (χ0) is 32.0. The number of ether oxygens (including phenoxy) is 1. The van der Waals surface area contributed by atoms with Crippen molar-refractivity contribution in [2.45, 2.75) is 32.9 Å². The number of hydrogen-bond acceptors (Lipinski definition) is 4. The molecule has 1 heterocycles. The van der Waals surface area contributed by atoms with Gasteiger partial charge >= 0.3 is 12.0 Å². The van der Waals surface area contributed by atoms with E-state index in [9.17, 15) is 19.5 Å². The van der Waals surface area contributed by atoms with Crippen LogP contribution in [0.4, 0.5) is 16.2 Å². The van der Waals surface area contributed by atoms with E-state index in [2.05, 4.69) is 5.32 Å². The summed E-state index contributed by atoms with van der Waals surface area (Å²) in [7, 11) is 0. The number of carboxylic acids is 1. The first-order valence-corrected chi connectivity index (χ1v) is 15.2. The van der Waals surface area contributed by atoms with Crippen LogP contribution in [-0.2, 0) is 22.7 Å². The molecule has 0 saturated carbocycles. The van der Waals surface area contributed by atoms with E-state index in [1.54, 1.807) is 52.3 Å². The van der Waals surface area contributed by atoms with Gasteiger partial charge in [0, 0.05) is 52.9 Å². The van der Waals surface area contributed by atoms with Gasteiger partial charge in [-0.2, -0.15) is 0 Å². The summed E-state index contributed by atoms with van der Waals surface area (Å²) >= 11 is 12.5. The van der Waals surface area contributed by atoms with E-state index in [1.165, 1.54) is 0 Å². The molecular formula is C35H33Cl2N3O5. The molecule has 0 radical (unpaired) electrons. The fraction of sp³-hybridized carbons (Fsp3) is 0.229. The first kappa shape index (κ1) is 31.9. The van der Waals surface area contributed by atoms with Gasteiger partial charge in [-0.15, -0.1) is 0 Å². The molecule has 0 bridgehead atoms. The van der Waals surface area contributed by atoms with Crippen LogP contribution in [0.2, 0.25) is 10.0 Å². The summed E-state index contributed by atoms with van der Waals surface area (Å²) < 4.78 is 5.84. The molecule has 1 atom stereocenters. The number of nitrogens with one attached hydrogen (secondary N) is 1. The second-order valence-corrected chi connectivity index (χ2v) is 12.2. The number of halogens is 2. The molecule has 2 N–H and O–H groups in total. The van der Waals surface area contributed by atoms with E-state index in [1.807, 2.05) is 61.5 Å². The fourth-order valence-corrected chi connectivity index (χ4v) is 6.00. The van der Waals surface area contributed by atoms with E-state index in [4.69, 9.17) is 27.9 Å². The van der Waals surface area contributed by atoms with Gasteiger partial charge in [-0.3, -0.25) is 14.5 Å². The minimum Gasteiger partial charge on any atom is -0.489 e. The average Bonchev–Trinajstić information content (AvgIpc) is 3.00. The molecule has 1 aliphatic heterocycles. The largest absolute Gasteiger partial charge is 0.489 e. The van der Waals surface area contributed by atoms with Crippen molar-refractivity contribution >= 4 is 52.5 Å².